The summed E-state index contributed by atoms with van der Waals surface area (Å²) < 4.78 is 4.98. The van der Waals surface area contributed by atoms with Gasteiger partial charge in [-0.15, -0.1) is 0 Å². The Morgan fingerprint density at radius 2 is 1.84 bits per heavy atom. The van der Waals surface area contributed by atoms with Gasteiger partial charge in [-0.3, -0.25) is 4.90 Å². The normalized spacial score (nSPS) is 15.5. The molecule has 138 valence electrons. The van der Waals surface area contributed by atoms with Crippen molar-refractivity contribution in [3.63, 3.8) is 0 Å². The summed E-state index contributed by atoms with van der Waals surface area (Å²) in [5, 5.41) is 7.07. The topological polar surface area (TPSA) is 53.6 Å². The fraction of sp³-hybridized carbons (Fsp3) is 0.579. The van der Waals surface area contributed by atoms with Gasteiger partial charge in [0.25, 0.3) is 0 Å². The smallest absolute Gasteiger partial charge is 0.338 e. The van der Waals surface area contributed by atoms with E-state index in [-0.39, 0.29) is 11.5 Å². The Balaban J connectivity index is 1.82. The maximum atomic E-state index is 11.7. The summed E-state index contributed by atoms with van der Waals surface area (Å²) in [5.41, 5.74) is 1.46. The third-order valence-electron chi connectivity index (χ3n) is 4.55. The minimum atomic E-state index is -0.307. The molecule has 1 aromatic carbocycles. The van der Waals surface area contributed by atoms with Gasteiger partial charge in [0.15, 0.2) is 5.11 Å². The van der Waals surface area contributed by atoms with Crippen molar-refractivity contribution >= 4 is 29.0 Å². The molecule has 0 amide bonds. The fourth-order valence-corrected chi connectivity index (χ4v) is 3.18. The standard InChI is InChI=1S/C19H29N3O2S/c1-4-24-17(23)15-8-10-16(11-9-15)21-18(25)20-14-19(2,3)22-12-6-5-7-13-22/h8-11H,4-7,12-14H2,1-3H3,(H2,20,21,25). The van der Waals surface area contributed by atoms with Gasteiger partial charge in [-0.05, 0) is 83.2 Å². The molecular formula is C19H29N3O2S. The molecule has 1 aliphatic heterocycles. The Labute approximate surface area is 156 Å². The summed E-state index contributed by atoms with van der Waals surface area (Å²) in [6.07, 6.45) is 3.89. The zero-order valence-corrected chi connectivity index (χ0v) is 16.2. The number of thiocarbonyl (C=S) groups is 1. The van der Waals surface area contributed by atoms with Crippen molar-refractivity contribution in [3.8, 4) is 0 Å². The predicted octanol–water partition coefficient (Wildman–Crippen LogP) is 3.41. The summed E-state index contributed by atoms with van der Waals surface area (Å²) in [6.45, 7) is 9.78. The molecule has 1 aliphatic rings. The zero-order chi connectivity index (χ0) is 18.3. The molecule has 0 unspecified atom stereocenters. The molecule has 1 aromatic rings. The van der Waals surface area contributed by atoms with Gasteiger partial charge in [0, 0.05) is 17.8 Å². The van der Waals surface area contributed by atoms with Crippen LogP contribution in [0, 0.1) is 0 Å². The summed E-state index contributed by atoms with van der Waals surface area (Å²) >= 11 is 5.40. The van der Waals surface area contributed by atoms with E-state index in [1.165, 1.54) is 19.3 Å². The van der Waals surface area contributed by atoms with Crippen molar-refractivity contribution in [2.75, 3.05) is 31.6 Å². The van der Waals surface area contributed by atoms with Crippen molar-refractivity contribution in [2.24, 2.45) is 0 Å². The van der Waals surface area contributed by atoms with Crippen LogP contribution in [0.15, 0.2) is 24.3 Å². The number of benzene rings is 1. The van der Waals surface area contributed by atoms with Gasteiger partial charge in [-0.25, -0.2) is 4.79 Å². The number of carbonyl (C=O) groups is 1. The Bertz CT molecular complexity index is 581. The van der Waals surface area contributed by atoms with Crippen LogP contribution in [-0.2, 0) is 4.74 Å². The van der Waals surface area contributed by atoms with E-state index in [1.54, 1.807) is 19.1 Å². The molecule has 0 aliphatic carbocycles. The van der Waals surface area contributed by atoms with Crippen molar-refractivity contribution in [1.82, 2.24) is 10.2 Å². The highest BCUT2D eigenvalue weighted by molar-refractivity contribution is 7.80. The Kier molecular flexibility index (Phi) is 7.20. The number of ether oxygens (including phenoxy) is 1. The SMILES string of the molecule is CCOC(=O)c1ccc(NC(=S)NCC(C)(C)N2CCCCC2)cc1. The van der Waals surface area contributed by atoms with Gasteiger partial charge in [-0.1, -0.05) is 6.42 Å². The predicted molar refractivity (Wildman–Crippen MR) is 106 cm³/mol. The van der Waals surface area contributed by atoms with Crippen LogP contribution in [0.25, 0.3) is 0 Å². The second kappa shape index (κ2) is 9.15. The maximum Gasteiger partial charge on any atom is 0.338 e. The first-order valence-corrected chi connectivity index (χ1v) is 9.40. The van der Waals surface area contributed by atoms with Crippen LogP contribution in [0.5, 0.6) is 0 Å². The summed E-state index contributed by atoms with van der Waals surface area (Å²) in [5.74, 6) is -0.307. The number of hydrogen-bond donors (Lipinski definition) is 2. The zero-order valence-electron chi connectivity index (χ0n) is 15.4. The van der Waals surface area contributed by atoms with E-state index < -0.39 is 0 Å². The molecule has 2 rings (SSSR count). The first-order chi connectivity index (χ1) is 11.9. The van der Waals surface area contributed by atoms with E-state index in [9.17, 15) is 4.79 Å². The second-order valence-corrected chi connectivity index (χ2v) is 7.37. The fourth-order valence-electron chi connectivity index (χ4n) is 2.99. The highest BCUT2D eigenvalue weighted by Gasteiger charge is 2.27. The number of hydrogen-bond acceptors (Lipinski definition) is 4. The minimum Gasteiger partial charge on any atom is -0.462 e. The highest BCUT2D eigenvalue weighted by atomic mass is 32.1. The first kappa shape index (κ1) is 19.7. The Morgan fingerprint density at radius 1 is 1.20 bits per heavy atom. The van der Waals surface area contributed by atoms with Gasteiger partial charge in [0.1, 0.15) is 0 Å². The van der Waals surface area contributed by atoms with E-state index >= 15 is 0 Å². The van der Waals surface area contributed by atoms with E-state index in [4.69, 9.17) is 17.0 Å². The summed E-state index contributed by atoms with van der Waals surface area (Å²) in [4.78, 5) is 14.2. The second-order valence-electron chi connectivity index (χ2n) is 6.97. The van der Waals surface area contributed by atoms with Crippen LogP contribution in [0.3, 0.4) is 0 Å². The molecule has 0 saturated carbocycles. The average Bonchev–Trinajstić information content (AvgIpc) is 2.62. The number of piperidine rings is 1. The lowest BCUT2D eigenvalue weighted by Crippen LogP contribution is -2.53. The Morgan fingerprint density at radius 3 is 2.44 bits per heavy atom. The van der Waals surface area contributed by atoms with Crippen molar-refractivity contribution in [1.29, 1.82) is 0 Å². The number of esters is 1. The van der Waals surface area contributed by atoms with E-state index in [2.05, 4.69) is 29.4 Å². The largest absolute Gasteiger partial charge is 0.462 e. The molecular weight excluding hydrogens is 334 g/mol. The number of nitrogens with one attached hydrogen (secondary N) is 2. The molecule has 2 N–H and O–H groups in total. The van der Waals surface area contributed by atoms with Gasteiger partial charge < -0.3 is 15.4 Å². The van der Waals surface area contributed by atoms with Crippen LogP contribution in [-0.4, -0.2) is 47.8 Å². The van der Waals surface area contributed by atoms with E-state index in [0.717, 1.165) is 25.3 Å². The minimum absolute atomic E-state index is 0.0694. The lowest BCUT2D eigenvalue weighted by Gasteiger charge is -2.41. The maximum absolute atomic E-state index is 11.7. The molecule has 0 radical (unpaired) electrons. The number of anilines is 1. The molecule has 0 aromatic heterocycles. The molecule has 0 spiro atoms. The molecule has 1 heterocycles. The van der Waals surface area contributed by atoms with Crippen LogP contribution in [0.1, 0.15) is 50.4 Å². The summed E-state index contributed by atoms with van der Waals surface area (Å²) in [6, 6.07) is 7.13. The van der Waals surface area contributed by atoms with Crippen LogP contribution in [0.2, 0.25) is 0 Å². The number of likely N-dealkylation sites (tertiary alicyclic amines) is 1. The lowest BCUT2D eigenvalue weighted by atomic mass is 9.98. The van der Waals surface area contributed by atoms with Gasteiger partial charge >= 0.3 is 5.97 Å². The number of carbonyl (C=O) groups excluding carboxylic acids is 1. The molecule has 1 saturated heterocycles. The van der Waals surface area contributed by atoms with Gasteiger partial charge in [-0.2, -0.15) is 0 Å². The number of rotatable bonds is 6. The summed E-state index contributed by atoms with van der Waals surface area (Å²) in [7, 11) is 0. The first-order valence-electron chi connectivity index (χ1n) is 8.99. The highest BCUT2D eigenvalue weighted by Crippen LogP contribution is 2.20. The average molecular weight is 364 g/mol. The van der Waals surface area contributed by atoms with E-state index in [1.807, 2.05) is 12.1 Å². The molecule has 0 bridgehead atoms. The van der Waals surface area contributed by atoms with Crippen LogP contribution >= 0.6 is 12.2 Å². The van der Waals surface area contributed by atoms with Crippen molar-refractivity contribution in [3.05, 3.63) is 29.8 Å². The van der Waals surface area contributed by atoms with Crippen molar-refractivity contribution < 1.29 is 9.53 Å². The number of nitrogens with zero attached hydrogens (tertiary/aromatic N) is 1. The quantitative estimate of drug-likeness (QED) is 0.597. The third kappa shape index (κ3) is 5.97. The van der Waals surface area contributed by atoms with Gasteiger partial charge in [0.05, 0.1) is 12.2 Å². The lowest BCUT2D eigenvalue weighted by molar-refractivity contribution is 0.0526. The monoisotopic (exact) mass is 363 g/mol. The third-order valence-corrected chi connectivity index (χ3v) is 4.79. The van der Waals surface area contributed by atoms with Crippen molar-refractivity contribution in [2.45, 2.75) is 45.6 Å². The molecule has 25 heavy (non-hydrogen) atoms. The molecule has 0 atom stereocenters. The molecule has 5 nitrogen and oxygen atoms in total. The molecule has 6 heteroatoms. The van der Waals surface area contributed by atoms with Crippen LogP contribution in [0.4, 0.5) is 5.69 Å². The van der Waals surface area contributed by atoms with E-state index in [0.29, 0.717) is 17.3 Å². The Hall–Kier alpha value is -1.66. The molecule has 1 fully saturated rings. The van der Waals surface area contributed by atoms with Gasteiger partial charge in [0.2, 0.25) is 0 Å². The van der Waals surface area contributed by atoms with Crippen LogP contribution < -0.4 is 10.6 Å².